The van der Waals surface area contributed by atoms with E-state index in [1.807, 2.05) is 0 Å². The van der Waals surface area contributed by atoms with Crippen molar-refractivity contribution >= 4 is 11.9 Å². The second kappa shape index (κ2) is 6.15. The van der Waals surface area contributed by atoms with E-state index in [9.17, 15) is 9.59 Å². The van der Waals surface area contributed by atoms with Gasteiger partial charge in [-0.15, -0.1) is 0 Å². The van der Waals surface area contributed by atoms with Gasteiger partial charge in [-0.2, -0.15) is 4.89 Å². The van der Waals surface area contributed by atoms with Gasteiger partial charge >= 0.3 is 11.9 Å². The molecule has 4 aliphatic heterocycles. The molecule has 0 aromatic heterocycles. The predicted octanol–water partition coefficient (Wildman–Crippen LogP) is 1.56. The summed E-state index contributed by atoms with van der Waals surface area (Å²) in [7, 11) is 1.57. The average Bonchev–Trinajstić information content (AvgIpc) is 2.75. The number of carbonyl (C=O) groups is 2. The summed E-state index contributed by atoms with van der Waals surface area (Å²) >= 11 is 0. The van der Waals surface area contributed by atoms with Crippen LogP contribution in [-0.4, -0.2) is 49.4 Å². The SMILES string of the molecule is COC[C@H]1C(=O)O[C@@H]2O[C@]3(C)OO[C@@]24[C@@H](C[C@H]3OC(C)=O)[C@H](C)CC[C@@H]14. The molecule has 8 nitrogen and oxygen atoms in total. The number of methoxy groups -OCH3 is 1. The average molecular weight is 370 g/mol. The first-order chi connectivity index (χ1) is 12.3. The maximum atomic E-state index is 12.6. The lowest BCUT2D eigenvalue weighted by molar-refractivity contribution is -0.565. The van der Waals surface area contributed by atoms with Crippen molar-refractivity contribution in [3.8, 4) is 0 Å². The Morgan fingerprint density at radius 3 is 2.73 bits per heavy atom. The monoisotopic (exact) mass is 370 g/mol. The van der Waals surface area contributed by atoms with E-state index in [1.54, 1.807) is 14.0 Å². The smallest absolute Gasteiger partial charge is 0.314 e. The lowest BCUT2D eigenvalue weighted by Crippen LogP contribution is -2.70. The number of hydrogen-bond acceptors (Lipinski definition) is 8. The first-order valence-electron chi connectivity index (χ1n) is 9.23. The molecule has 0 unspecified atom stereocenters. The molecule has 4 saturated heterocycles. The largest absolute Gasteiger partial charge is 0.457 e. The molecule has 2 bridgehead atoms. The van der Waals surface area contributed by atoms with Crippen LogP contribution in [0.15, 0.2) is 0 Å². The number of ether oxygens (including phenoxy) is 4. The highest BCUT2D eigenvalue weighted by Crippen LogP contribution is 2.60. The second-order valence-corrected chi connectivity index (χ2v) is 8.09. The van der Waals surface area contributed by atoms with Gasteiger partial charge in [-0.1, -0.05) is 6.92 Å². The summed E-state index contributed by atoms with van der Waals surface area (Å²) in [6.07, 6.45) is 0.723. The summed E-state index contributed by atoms with van der Waals surface area (Å²) < 4.78 is 22.5. The lowest BCUT2D eigenvalue weighted by Gasteiger charge is -2.57. The minimum absolute atomic E-state index is 0.0348. The summed E-state index contributed by atoms with van der Waals surface area (Å²) in [6, 6.07) is 0. The minimum atomic E-state index is -1.32. The number of hydrogen-bond donors (Lipinski definition) is 0. The van der Waals surface area contributed by atoms with Gasteiger partial charge in [-0.3, -0.25) is 9.59 Å². The van der Waals surface area contributed by atoms with E-state index in [0.717, 1.165) is 12.8 Å². The second-order valence-electron chi connectivity index (χ2n) is 8.09. The molecule has 0 aromatic carbocycles. The van der Waals surface area contributed by atoms with Crippen molar-refractivity contribution in [2.24, 2.45) is 23.7 Å². The molecule has 4 heterocycles. The Balaban J connectivity index is 1.78. The van der Waals surface area contributed by atoms with Crippen LogP contribution in [0, 0.1) is 23.7 Å². The molecule has 5 rings (SSSR count). The fourth-order valence-electron chi connectivity index (χ4n) is 5.28. The molecule has 146 valence electrons. The maximum Gasteiger partial charge on any atom is 0.314 e. The zero-order valence-electron chi connectivity index (χ0n) is 15.6. The molecule has 1 aliphatic carbocycles. The molecular weight excluding hydrogens is 344 g/mol. The fourth-order valence-corrected chi connectivity index (χ4v) is 5.28. The van der Waals surface area contributed by atoms with Crippen LogP contribution in [-0.2, 0) is 38.3 Å². The Morgan fingerprint density at radius 2 is 2.04 bits per heavy atom. The molecule has 1 saturated carbocycles. The van der Waals surface area contributed by atoms with Crippen molar-refractivity contribution < 1.29 is 38.3 Å². The predicted molar refractivity (Wildman–Crippen MR) is 85.2 cm³/mol. The molecule has 26 heavy (non-hydrogen) atoms. The van der Waals surface area contributed by atoms with E-state index in [-0.39, 0.29) is 30.3 Å². The number of esters is 2. The summed E-state index contributed by atoms with van der Waals surface area (Å²) in [6.45, 7) is 5.41. The highest BCUT2D eigenvalue weighted by Gasteiger charge is 2.73. The van der Waals surface area contributed by atoms with Crippen LogP contribution in [0.2, 0.25) is 0 Å². The van der Waals surface area contributed by atoms with Gasteiger partial charge in [-0.25, -0.2) is 4.89 Å². The van der Waals surface area contributed by atoms with Crippen LogP contribution < -0.4 is 0 Å². The summed E-state index contributed by atoms with van der Waals surface area (Å²) in [4.78, 5) is 35.9. The van der Waals surface area contributed by atoms with Gasteiger partial charge in [0.15, 0.2) is 11.7 Å². The molecule has 5 aliphatic rings. The standard InChI is InChI=1S/C18H26O8/c1-9-5-6-12-11(8-21-4)15(20)23-16-18(12)13(9)7-14(22-10(2)19)17(3,24-16)25-26-18/h9,11-14,16H,5-8H2,1-4H3/t9-,11-,12+,13+,14-,16-,17-,18+/m1/s1. The first kappa shape index (κ1) is 18.2. The van der Waals surface area contributed by atoms with Crippen LogP contribution in [0.25, 0.3) is 0 Å². The van der Waals surface area contributed by atoms with Gasteiger partial charge < -0.3 is 18.9 Å². The summed E-state index contributed by atoms with van der Waals surface area (Å²) in [5.74, 6) is -2.42. The van der Waals surface area contributed by atoms with E-state index in [4.69, 9.17) is 28.7 Å². The van der Waals surface area contributed by atoms with Gasteiger partial charge in [0.2, 0.25) is 12.1 Å². The Labute approximate surface area is 152 Å². The van der Waals surface area contributed by atoms with Gasteiger partial charge in [-0.05, 0) is 32.1 Å². The molecule has 8 heteroatoms. The summed E-state index contributed by atoms with van der Waals surface area (Å²) in [5, 5.41) is 0. The van der Waals surface area contributed by atoms with E-state index in [1.165, 1.54) is 6.92 Å². The molecule has 8 atom stereocenters. The van der Waals surface area contributed by atoms with Gasteiger partial charge in [0.25, 0.3) is 0 Å². The van der Waals surface area contributed by atoms with Gasteiger partial charge in [0.05, 0.1) is 12.5 Å². The fraction of sp³-hybridized carbons (Fsp3) is 0.889. The minimum Gasteiger partial charge on any atom is -0.457 e. The van der Waals surface area contributed by atoms with Crippen LogP contribution in [0.3, 0.4) is 0 Å². The van der Waals surface area contributed by atoms with E-state index < -0.39 is 35.7 Å². The van der Waals surface area contributed by atoms with Crippen LogP contribution >= 0.6 is 0 Å². The molecular formula is C18H26O8. The van der Waals surface area contributed by atoms with Crippen molar-refractivity contribution in [3.63, 3.8) is 0 Å². The van der Waals surface area contributed by atoms with E-state index in [0.29, 0.717) is 6.42 Å². The van der Waals surface area contributed by atoms with Gasteiger partial charge in [0.1, 0.15) is 0 Å². The molecule has 5 fully saturated rings. The third kappa shape index (κ3) is 2.42. The van der Waals surface area contributed by atoms with Crippen molar-refractivity contribution in [1.29, 1.82) is 0 Å². The molecule has 0 radical (unpaired) electrons. The van der Waals surface area contributed by atoms with E-state index >= 15 is 0 Å². The topological polar surface area (TPSA) is 89.5 Å². The Morgan fingerprint density at radius 1 is 1.27 bits per heavy atom. The van der Waals surface area contributed by atoms with Gasteiger partial charge in [0, 0.05) is 25.9 Å². The Bertz CT molecular complexity index is 608. The zero-order valence-corrected chi connectivity index (χ0v) is 15.6. The van der Waals surface area contributed by atoms with Crippen LogP contribution in [0.1, 0.15) is 40.0 Å². The zero-order chi connectivity index (χ0) is 18.7. The van der Waals surface area contributed by atoms with Crippen molar-refractivity contribution in [2.75, 3.05) is 13.7 Å². The van der Waals surface area contributed by atoms with Crippen LogP contribution in [0.4, 0.5) is 0 Å². The molecule has 1 spiro atoms. The maximum absolute atomic E-state index is 12.6. The van der Waals surface area contributed by atoms with Crippen molar-refractivity contribution in [2.45, 2.75) is 63.8 Å². The number of carbonyl (C=O) groups excluding carboxylic acids is 2. The Kier molecular flexibility index (Phi) is 4.30. The van der Waals surface area contributed by atoms with Crippen LogP contribution in [0.5, 0.6) is 0 Å². The third-order valence-electron chi connectivity index (χ3n) is 6.56. The number of rotatable bonds is 3. The lowest BCUT2D eigenvalue weighted by atomic mass is 9.58. The molecule has 0 N–H and O–H groups in total. The van der Waals surface area contributed by atoms with Crippen molar-refractivity contribution in [1.82, 2.24) is 0 Å². The normalized spacial score (nSPS) is 49.8. The third-order valence-corrected chi connectivity index (χ3v) is 6.56. The first-order valence-corrected chi connectivity index (χ1v) is 9.23. The summed E-state index contributed by atoms with van der Waals surface area (Å²) in [5.41, 5.74) is -0.914. The molecule has 0 amide bonds. The van der Waals surface area contributed by atoms with E-state index in [2.05, 4.69) is 6.92 Å². The van der Waals surface area contributed by atoms with Crippen molar-refractivity contribution in [3.05, 3.63) is 0 Å². The Hall–Kier alpha value is -1.22. The number of fused-ring (bicyclic) bond motifs is 2. The highest BCUT2D eigenvalue weighted by molar-refractivity contribution is 5.74. The highest BCUT2D eigenvalue weighted by atomic mass is 17.3. The quantitative estimate of drug-likeness (QED) is 0.546. The molecule has 0 aromatic rings.